The predicted octanol–water partition coefficient (Wildman–Crippen LogP) is -2.25. The highest BCUT2D eigenvalue weighted by Crippen LogP contribution is 2.46. The lowest BCUT2D eigenvalue weighted by Gasteiger charge is -2.48. The van der Waals surface area contributed by atoms with Gasteiger partial charge in [0.05, 0.1) is 18.2 Å². The second-order valence-electron chi connectivity index (χ2n) is 7.43. The standard InChI is InChI=1S/C18H22N6O6/c19-15-22-13-10(6-7-12(25)26)21-16(20)24-8-11(18(28,29)17(13,24)23-15)30-14(27)9-4-2-1-3-5-9/h1-5,10-11,13,28-29H,6-8H2,(H2,20,21)(H,25,26)(H3,19,22,23)/t10?,11-,13?,17+/m0/s1. The van der Waals surface area contributed by atoms with Crippen LogP contribution in [0, 0.1) is 0 Å². The number of carbonyl (C=O) groups excluding carboxylic acids is 1. The van der Waals surface area contributed by atoms with Crippen molar-refractivity contribution in [1.82, 2.24) is 10.2 Å². The molecule has 2 unspecified atom stereocenters. The Bertz CT molecular complexity index is 934. The highest BCUT2D eigenvalue weighted by Gasteiger charge is 2.74. The number of hydrogen-bond donors (Lipinski definition) is 6. The molecular formula is C18H22N6O6. The number of esters is 1. The number of carboxylic acid groups (broad SMARTS) is 1. The van der Waals surface area contributed by atoms with Crippen molar-refractivity contribution >= 4 is 23.9 Å². The van der Waals surface area contributed by atoms with Crippen LogP contribution in [0.15, 0.2) is 40.3 Å². The van der Waals surface area contributed by atoms with Crippen molar-refractivity contribution < 1.29 is 29.6 Å². The minimum atomic E-state index is -2.66. The van der Waals surface area contributed by atoms with Crippen LogP contribution < -0.4 is 16.8 Å². The van der Waals surface area contributed by atoms with Crippen LogP contribution in [0.2, 0.25) is 0 Å². The average Bonchev–Trinajstić information content (AvgIpc) is 3.16. The first-order valence-corrected chi connectivity index (χ1v) is 9.31. The molecule has 0 amide bonds. The summed E-state index contributed by atoms with van der Waals surface area (Å²) in [5.74, 6) is -4.59. The molecule has 0 bridgehead atoms. The summed E-state index contributed by atoms with van der Waals surface area (Å²) in [5.41, 5.74) is 10.4. The second kappa shape index (κ2) is 6.85. The number of rotatable bonds is 5. The second-order valence-corrected chi connectivity index (χ2v) is 7.43. The normalized spacial score (nSPS) is 31.1. The molecule has 0 aromatic heterocycles. The molecule has 1 aromatic rings. The molecule has 0 saturated carbocycles. The number of hydrogen-bond acceptors (Lipinski definition) is 11. The van der Waals surface area contributed by atoms with Crippen molar-refractivity contribution in [2.75, 3.05) is 6.54 Å². The summed E-state index contributed by atoms with van der Waals surface area (Å²) in [6.45, 7) is -0.182. The smallest absolute Gasteiger partial charge is 0.338 e. The fourth-order valence-corrected chi connectivity index (χ4v) is 4.30. The SMILES string of the molecule is NC1=NC2C(CCC(=O)O)N=C(N)N3C[C@H](OC(=O)c4ccccc4)C(O)(O)[C@@]23N1. The average molecular weight is 418 g/mol. The Kier molecular flexibility index (Phi) is 4.55. The number of carboxylic acids is 1. The van der Waals surface area contributed by atoms with Crippen LogP contribution in [0.5, 0.6) is 0 Å². The van der Waals surface area contributed by atoms with Crippen molar-refractivity contribution in [2.45, 2.75) is 42.5 Å². The number of aliphatic hydroxyl groups is 2. The van der Waals surface area contributed by atoms with Gasteiger partial charge in [-0.3, -0.25) is 4.79 Å². The van der Waals surface area contributed by atoms with E-state index in [4.69, 9.17) is 21.3 Å². The largest absolute Gasteiger partial charge is 0.481 e. The van der Waals surface area contributed by atoms with E-state index in [-0.39, 0.29) is 36.9 Å². The number of aliphatic imine (C=N–C) groups is 2. The molecule has 0 radical (unpaired) electrons. The molecule has 4 atom stereocenters. The van der Waals surface area contributed by atoms with Crippen LogP contribution in [-0.4, -0.2) is 80.3 Å². The van der Waals surface area contributed by atoms with Crippen molar-refractivity contribution in [3.63, 3.8) is 0 Å². The minimum Gasteiger partial charge on any atom is -0.481 e. The number of nitrogens with one attached hydrogen (secondary N) is 1. The maximum atomic E-state index is 12.5. The fraction of sp³-hybridized carbons (Fsp3) is 0.444. The topological polar surface area (TPSA) is 196 Å². The Morgan fingerprint density at radius 1 is 1.23 bits per heavy atom. The van der Waals surface area contributed by atoms with Crippen molar-refractivity contribution in [2.24, 2.45) is 21.5 Å². The Morgan fingerprint density at radius 3 is 2.60 bits per heavy atom. The summed E-state index contributed by atoms with van der Waals surface area (Å²) in [5, 5.41) is 34.1. The summed E-state index contributed by atoms with van der Waals surface area (Å²) in [6, 6.07) is 6.38. The number of benzene rings is 1. The summed E-state index contributed by atoms with van der Waals surface area (Å²) >= 11 is 0. The molecule has 12 nitrogen and oxygen atoms in total. The van der Waals surface area contributed by atoms with Gasteiger partial charge in [0.2, 0.25) is 5.79 Å². The Balaban J connectivity index is 1.67. The third-order valence-electron chi connectivity index (χ3n) is 5.66. The molecule has 1 saturated heterocycles. The maximum absolute atomic E-state index is 12.5. The quantitative estimate of drug-likeness (QED) is 0.224. The van der Waals surface area contributed by atoms with Crippen LogP contribution in [0.25, 0.3) is 0 Å². The molecule has 3 aliphatic rings. The number of carbonyl (C=O) groups is 2. The van der Waals surface area contributed by atoms with Crippen LogP contribution >= 0.6 is 0 Å². The monoisotopic (exact) mass is 418 g/mol. The van der Waals surface area contributed by atoms with Gasteiger partial charge in [0.25, 0.3) is 0 Å². The summed E-state index contributed by atoms with van der Waals surface area (Å²) in [6.07, 6.45) is -1.58. The highest BCUT2D eigenvalue weighted by molar-refractivity contribution is 5.90. The third kappa shape index (κ3) is 2.83. The molecule has 1 fully saturated rings. The molecule has 1 aromatic carbocycles. The molecule has 3 aliphatic heterocycles. The van der Waals surface area contributed by atoms with Gasteiger partial charge >= 0.3 is 11.9 Å². The Hall–Kier alpha value is -3.38. The zero-order chi connectivity index (χ0) is 21.7. The zero-order valence-electron chi connectivity index (χ0n) is 15.8. The summed E-state index contributed by atoms with van der Waals surface area (Å²) in [7, 11) is 0. The number of ether oxygens (including phenoxy) is 1. The van der Waals surface area contributed by atoms with Gasteiger partial charge in [0.1, 0.15) is 6.04 Å². The van der Waals surface area contributed by atoms with Crippen LogP contribution in [0.4, 0.5) is 0 Å². The number of nitrogens with zero attached hydrogens (tertiary/aromatic N) is 3. The van der Waals surface area contributed by atoms with E-state index in [1.165, 1.54) is 17.0 Å². The van der Waals surface area contributed by atoms with Crippen molar-refractivity contribution in [3.05, 3.63) is 35.9 Å². The predicted molar refractivity (Wildman–Crippen MR) is 103 cm³/mol. The fourth-order valence-electron chi connectivity index (χ4n) is 4.30. The van der Waals surface area contributed by atoms with Gasteiger partial charge in [-0.05, 0) is 18.6 Å². The van der Waals surface area contributed by atoms with Crippen LogP contribution in [-0.2, 0) is 9.53 Å². The minimum absolute atomic E-state index is 0.0549. The van der Waals surface area contributed by atoms with Crippen molar-refractivity contribution in [1.29, 1.82) is 0 Å². The summed E-state index contributed by atoms with van der Waals surface area (Å²) < 4.78 is 5.41. The number of aliphatic carboxylic acids is 1. The number of guanidine groups is 2. The lowest BCUT2D eigenvalue weighted by atomic mass is 9.84. The first-order valence-electron chi connectivity index (χ1n) is 9.31. The molecule has 0 aliphatic carbocycles. The van der Waals surface area contributed by atoms with E-state index in [2.05, 4.69) is 15.3 Å². The molecule has 4 rings (SSSR count). The summed E-state index contributed by atoms with van der Waals surface area (Å²) in [4.78, 5) is 33.4. The Labute approximate surface area is 170 Å². The van der Waals surface area contributed by atoms with E-state index in [1.54, 1.807) is 18.2 Å². The molecule has 8 N–H and O–H groups in total. The van der Waals surface area contributed by atoms with E-state index in [0.29, 0.717) is 0 Å². The molecule has 3 heterocycles. The molecule has 12 heteroatoms. The first kappa shape index (κ1) is 19.9. The number of nitrogens with two attached hydrogens (primary N) is 2. The van der Waals surface area contributed by atoms with E-state index in [0.717, 1.165) is 0 Å². The van der Waals surface area contributed by atoms with Crippen molar-refractivity contribution in [3.8, 4) is 0 Å². The van der Waals surface area contributed by atoms with Gasteiger partial charge in [0, 0.05) is 6.42 Å². The highest BCUT2D eigenvalue weighted by atomic mass is 16.6. The van der Waals surface area contributed by atoms with Gasteiger partial charge < -0.3 is 41.7 Å². The third-order valence-corrected chi connectivity index (χ3v) is 5.66. The van der Waals surface area contributed by atoms with Gasteiger partial charge in [-0.15, -0.1) is 0 Å². The zero-order valence-corrected chi connectivity index (χ0v) is 15.8. The molecule has 1 spiro atoms. The molecular weight excluding hydrogens is 396 g/mol. The lowest BCUT2D eigenvalue weighted by Crippen LogP contribution is -2.77. The molecule has 160 valence electrons. The van der Waals surface area contributed by atoms with Gasteiger partial charge in [-0.25, -0.2) is 14.8 Å². The Morgan fingerprint density at radius 2 is 1.93 bits per heavy atom. The van der Waals surface area contributed by atoms with E-state index in [1.807, 2.05) is 0 Å². The van der Waals surface area contributed by atoms with Gasteiger partial charge in [0.15, 0.2) is 23.7 Å². The van der Waals surface area contributed by atoms with Gasteiger partial charge in [-0.1, -0.05) is 18.2 Å². The van der Waals surface area contributed by atoms with Crippen LogP contribution in [0.3, 0.4) is 0 Å². The van der Waals surface area contributed by atoms with Gasteiger partial charge in [-0.2, -0.15) is 0 Å². The van der Waals surface area contributed by atoms with E-state index < -0.39 is 41.6 Å². The maximum Gasteiger partial charge on any atom is 0.338 e. The van der Waals surface area contributed by atoms with E-state index >= 15 is 0 Å². The lowest BCUT2D eigenvalue weighted by molar-refractivity contribution is -0.256. The van der Waals surface area contributed by atoms with Crippen LogP contribution in [0.1, 0.15) is 23.2 Å². The van der Waals surface area contributed by atoms with E-state index in [9.17, 15) is 19.8 Å². The first-order chi connectivity index (χ1) is 14.2. The molecule has 30 heavy (non-hydrogen) atoms.